The molecule has 1 aromatic heterocycles. The summed E-state index contributed by atoms with van der Waals surface area (Å²) in [5.41, 5.74) is 3.15. The summed E-state index contributed by atoms with van der Waals surface area (Å²) in [5, 5.41) is 12.9. The lowest BCUT2D eigenvalue weighted by molar-refractivity contribution is -0.139. The third kappa shape index (κ3) is 4.28. The van der Waals surface area contributed by atoms with Crippen molar-refractivity contribution in [3.05, 3.63) is 35.0 Å². The average Bonchev–Trinajstić information content (AvgIpc) is 2.72. The van der Waals surface area contributed by atoms with Gasteiger partial charge in [-0.15, -0.1) is 0 Å². The van der Waals surface area contributed by atoms with Crippen LogP contribution in [0.5, 0.6) is 0 Å². The number of aliphatic carboxylic acids is 1. The Morgan fingerprint density at radius 2 is 1.96 bits per heavy atom. The number of fused-ring (bicyclic) bond motifs is 1. The first-order valence-corrected chi connectivity index (χ1v) is 7.87. The fourth-order valence-corrected chi connectivity index (χ4v) is 2.61. The number of ether oxygens (including phenoxy) is 1. The number of alkyl carbamates (subject to hydrolysis) is 1. The topological polar surface area (TPSA) is 91.4 Å². The fourth-order valence-electron chi connectivity index (χ4n) is 2.61. The Balaban J connectivity index is 2.25. The lowest BCUT2D eigenvalue weighted by atomic mass is 10.0. The minimum Gasteiger partial charge on any atom is -0.480 e. The molecule has 1 amide bonds. The monoisotopic (exact) mass is 332 g/mol. The van der Waals surface area contributed by atoms with Gasteiger partial charge in [0, 0.05) is 23.0 Å². The van der Waals surface area contributed by atoms with Crippen molar-refractivity contribution in [1.82, 2.24) is 10.3 Å². The molecule has 2 rings (SSSR count). The molecule has 130 valence electrons. The van der Waals surface area contributed by atoms with Gasteiger partial charge in [-0.1, -0.05) is 11.6 Å². The van der Waals surface area contributed by atoms with Crippen LogP contribution in [0.1, 0.15) is 37.6 Å². The molecule has 0 bridgehead atoms. The summed E-state index contributed by atoms with van der Waals surface area (Å²) < 4.78 is 5.15. The van der Waals surface area contributed by atoms with Crippen LogP contribution in [-0.2, 0) is 16.0 Å². The summed E-state index contributed by atoms with van der Waals surface area (Å²) in [7, 11) is 0. The molecule has 0 aliphatic heterocycles. The Kier molecular flexibility index (Phi) is 4.87. The molecule has 0 saturated carbocycles. The van der Waals surface area contributed by atoms with Crippen molar-refractivity contribution in [3.63, 3.8) is 0 Å². The van der Waals surface area contributed by atoms with Crippen LogP contribution in [0.2, 0.25) is 0 Å². The number of carboxylic acid groups (broad SMARTS) is 1. The molecule has 0 spiro atoms. The number of aromatic nitrogens is 1. The molecule has 6 nitrogen and oxygen atoms in total. The molecule has 1 heterocycles. The van der Waals surface area contributed by atoms with Crippen molar-refractivity contribution in [2.45, 2.75) is 52.7 Å². The van der Waals surface area contributed by atoms with Crippen LogP contribution < -0.4 is 5.32 Å². The number of aromatic amines is 1. The molecule has 0 radical (unpaired) electrons. The van der Waals surface area contributed by atoms with E-state index in [1.165, 1.54) is 0 Å². The molecule has 1 unspecified atom stereocenters. The van der Waals surface area contributed by atoms with Crippen LogP contribution in [0.3, 0.4) is 0 Å². The predicted octanol–water partition coefficient (Wildman–Crippen LogP) is 3.31. The number of aryl methyl sites for hydroxylation is 2. The van der Waals surface area contributed by atoms with E-state index >= 15 is 0 Å². The van der Waals surface area contributed by atoms with Crippen LogP contribution in [-0.4, -0.2) is 33.8 Å². The van der Waals surface area contributed by atoms with Crippen LogP contribution in [0.15, 0.2) is 18.2 Å². The van der Waals surface area contributed by atoms with Crippen molar-refractivity contribution in [2.75, 3.05) is 0 Å². The normalized spacial score (nSPS) is 12.9. The van der Waals surface area contributed by atoms with E-state index < -0.39 is 23.7 Å². The summed E-state index contributed by atoms with van der Waals surface area (Å²) in [6.45, 7) is 9.08. The summed E-state index contributed by atoms with van der Waals surface area (Å²) in [6.07, 6.45) is -0.548. The minimum absolute atomic E-state index is 0.184. The first-order chi connectivity index (χ1) is 11.1. The number of nitrogens with one attached hydrogen (secondary N) is 2. The fraction of sp³-hybridized carbons (Fsp3) is 0.444. The van der Waals surface area contributed by atoms with Crippen molar-refractivity contribution in [3.8, 4) is 0 Å². The second-order valence-corrected chi connectivity index (χ2v) is 7.02. The summed E-state index contributed by atoms with van der Waals surface area (Å²) in [5.74, 6) is -1.10. The standard InChI is InChI=1S/C18H24N2O4/c1-10-6-7-14-13(8-10)12(11(2)19-14)9-15(16(21)22)20-17(23)24-18(3,4)5/h6-8,15,19H,9H2,1-5H3,(H,20,23)(H,21,22). The molecule has 1 atom stereocenters. The van der Waals surface area contributed by atoms with E-state index in [2.05, 4.69) is 10.3 Å². The molecule has 6 heteroatoms. The van der Waals surface area contributed by atoms with E-state index in [0.717, 1.165) is 27.7 Å². The van der Waals surface area contributed by atoms with Gasteiger partial charge in [-0.2, -0.15) is 0 Å². The van der Waals surface area contributed by atoms with Crippen molar-refractivity contribution >= 4 is 23.0 Å². The first-order valence-electron chi connectivity index (χ1n) is 7.87. The number of carboxylic acids is 1. The van der Waals surface area contributed by atoms with Gasteiger partial charge in [0.25, 0.3) is 0 Å². The average molecular weight is 332 g/mol. The van der Waals surface area contributed by atoms with Crippen LogP contribution in [0.25, 0.3) is 10.9 Å². The van der Waals surface area contributed by atoms with Gasteiger partial charge in [0.15, 0.2) is 0 Å². The number of hydrogen-bond donors (Lipinski definition) is 3. The highest BCUT2D eigenvalue weighted by Crippen LogP contribution is 2.24. The molecule has 0 saturated heterocycles. The second-order valence-electron chi connectivity index (χ2n) is 7.02. The highest BCUT2D eigenvalue weighted by molar-refractivity contribution is 5.87. The van der Waals surface area contributed by atoms with Gasteiger partial charge in [-0.25, -0.2) is 9.59 Å². The lowest BCUT2D eigenvalue weighted by Gasteiger charge is -2.22. The number of benzene rings is 1. The molecule has 2 aromatic rings. The third-order valence-electron chi connectivity index (χ3n) is 3.67. The molecule has 1 aromatic carbocycles. The van der Waals surface area contributed by atoms with Gasteiger partial charge < -0.3 is 20.1 Å². The van der Waals surface area contributed by atoms with E-state index in [1.54, 1.807) is 20.8 Å². The number of amides is 1. The predicted molar refractivity (Wildman–Crippen MR) is 92.3 cm³/mol. The molecule has 3 N–H and O–H groups in total. The van der Waals surface area contributed by atoms with Gasteiger partial charge in [0.1, 0.15) is 11.6 Å². The van der Waals surface area contributed by atoms with Gasteiger partial charge in [0.05, 0.1) is 0 Å². The molecule has 0 aliphatic carbocycles. The Morgan fingerprint density at radius 1 is 1.29 bits per heavy atom. The number of H-pyrrole nitrogens is 1. The molecule has 0 fully saturated rings. The zero-order valence-electron chi connectivity index (χ0n) is 14.7. The van der Waals surface area contributed by atoms with Crippen LogP contribution in [0, 0.1) is 13.8 Å². The zero-order valence-corrected chi connectivity index (χ0v) is 14.7. The summed E-state index contributed by atoms with van der Waals surface area (Å²) in [4.78, 5) is 26.7. The molecular weight excluding hydrogens is 308 g/mol. The maximum absolute atomic E-state index is 11.9. The van der Waals surface area contributed by atoms with E-state index in [9.17, 15) is 14.7 Å². The van der Waals surface area contributed by atoms with Crippen molar-refractivity contribution < 1.29 is 19.4 Å². The Bertz CT molecular complexity index is 771. The van der Waals surface area contributed by atoms with Crippen LogP contribution >= 0.6 is 0 Å². The number of rotatable bonds is 4. The maximum Gasteiger partial charge on any atom is 0.408 e. The summed E-state index contributed by atoms with van der Waals surface area (Å²) in [6, 6.07) is 4.92. The highest BCUT2D eigenvalue weighted by Gasteiger charge is 2.26. The molecule has 0 aliphatic rings. The lowest BCUT2D eigenvalue weighted by Crippen LogP contribution is -2.44. The van der Waals surface area contributed by atoms with Crippen LogP contribution in [0.4, 0.5) is 4.79 Å². The number of carbonyl (C=O) groups excluding carboxylic acids is 1. The quantitative estimate of drug-likeness (QED) is 0.801. The number of carbonyl (C=O) groups is 2. The van der Waals surface area contributed by atoms with Gasteiger partial charge in [-0.3, -0.25) is 0 Å². The first kappa shape index (κ1) is 17.8. The molecular formula is C18H24N2O4. The summed E-state index contributed by atoms with van der Waals surface area (Å²) >= 11 is 0. The largest absolute Gasteiger partial charge is 0.480 e. The van der Waals surface area contributed by atoms with Gasteiger partial charge in [-0.05, 0) is 52.3 Å². The smallest absolute Gasteiger partial charge is 0.408 e. The highest BCUT2D eigenvalue weighted by atomic mass is 16.6. The van der Waals surface area contributed by atoms with E-state index in [4.69, 9.17) is 4.74 Å². The minimum atomic E-state index is -1.10. The Morgan fingerprint density at radius 3 is 2.54 bits per heavy atom. The number of hydrogen-bond acceptors (Lipinski definition) is 3. The van der Waals surface area contributed by atoms with Gasteiger partial charge in [0.2, 0.25) is 0 Å². The van der Waals surface area contributed by atoms with E-state index in [0.29, 0.717) is 0 Å². The zero-order chi connectivity index (χ0) is 18.1. The van der Waals surface area contributed by atoms with Crippen molar-refractivity contribution in [2.24, 2.45) is 0 Å². The SMILES string of the molecule is Cc1ccc2[nH]c(C)c(CC(NC(=O)OC(C)(C)C)C(=O)O)c2c1. The van der Waals surface area contributed by atoms with E-state index in [-0.39, 0.29) is 6.42 Å². The Labute approximate surface area is 141 Å². The third-order valence-corrected chi connectivity index (χ3v) is 3.67. The molecule has 24 heavy (non-hydrogen) atoms. The van der Waals surface area contributed by atoms with Crippen molar-refractivity contribution in [1.29, 1.82) is 0 Å². The van der Waals surface area contributed by atoms with Gasteiger partial charge >= 0.3 is 12.1 Å². The maximum atomic E-state index is 11.9. The van der Waals surface area contributed by atoms with E-state index in [1.807, 2.05) is 32.0 Å². The second kappa shape index (κ2) is 6.55. The Hall–Kier alpha value is -2.50.